The summed E-state index contributed by atoms with van der Waals surface area (Å²) in [7, 11) is 0. The number of amides is 2. The Morgan fingerprint density at radius 2 is 1.62 bits per heavy atom. The molecule has 2 aromatic carbocycles. The third kappa shape index (κ3) is 7.58. The molecule has 2 N–H and O–H groups in total. The van der Waals surface area contributed by atoms with E-state index in [-0.39, 0.29) is 19.8 Å². The molecule has 2 amide bonds. The summed E-state index contributed by atoms with van der Waals surface area (Å²) in [6, 6.07) is 17.1. The van der Waals surface area contributed by atoms with Gasteiger partial charge in [-0.1, -0.05) is 74.5 Å². The van der Waals surface area contributed by atoms with Crippen LogP contribution in [0.1, 0.15) is 37.4 Å². The summed E-state index contributed by atoms with van der Waals surface area (Å²) in [5, 5.41) is 12.1. The van der Waals surface area contributed by atoms with Gasteiger partial charge in [0.2, 0.25) is 0 Å². The normalized spacial score (nSPS) is 11.7. The molecule has 0 aromatic heterocycles. The van der Waals surface area contributed by atoms with Crippen molar-refractivity contribution in [1.29, 1.82) is 0 Å². The predicted octanol–water partition coefficient (Wildman–Crippen LogP) is 3.52. The number of nitrogens with one attached hydrogen (secondary N) is 1. The topological polar surface area (TPSA) is 78.9 Å². The van der Waals surface area contributed by atoms with Crippen LogP contribution >= 0.6 is 0 Å². The van der Waals surface area contributed by atoms with Gasteiger partial charge in [-0.2, -0.15) is 0 Å². The maximum atomic E-state index is 12.8. The van der Waals surface area contributed by atoms with Crippen LogP contribution in [0, 0.1) is 5.92 Å². The molecule has 6 nitrogen and oxygen atoms in total. The summed E-state index contributed by atoms with van der Waals surface area (Å²) in [5.41, 5.74) is 1.52. The first-order valence-corrected chi connectivity index (χ1v) is 9.93. The predicted molar refractivity (Wildman–Crippen MR) is 112 cm³/mol. The molecule has 2 aromatic rings. The smallest absolute Gasteiger partial charge is 0.333 e. The van der Waals surface area contributed by atoms with Crippen LogP contribution in [0.5, 0.6) is 0 Å². The number of aliphatic hydroxyl groups excluding tert-OH is 1. The number of carbonyl (C=O) groups excluding carboxylic acids is 2. The fourth-order valence-electron chi connectivity index (χ4n) is 2.80. The van der Waals surface area contributed by atoms with Crippen LogP contribution in [0.25, 0.3) is 0 Å². The van der Waals surface area contributed by atoms with E-state index < -0.39 is 18.0 Å². The number of esters is 1. The van der Waals surface area contributed by atoms with E-state index in [1.54, 1.807) is 12.1 Å². The number of hydrogen-bond acceptors (Lipinski definition) is 4. The molecule has 2 rings (SSSR count). The molecule has 0 fully saturated rings. The molecule has 0 spiro atoms. The second-order valence-corrected chi connectivity index (χ2v) is 7.28. The van der Waals surface area contributed by atoms with Gasteiger partial charge in [0.15, 0.2) is 6.04 Å². The number of ether oxygens (including phenoxy) is 1. The average Bonchev–Trinajstić information content (AvgIpc) is 2.74. The Bertz CT molecular complexity index is 750. The first-order valence-electron chi connectivity index (χ1n) is 9.93. The first kappa shape index (κ1) is 22.4. The molecule has 0 aliphatic heterocycles. The number of hydrogen-bond donors (Lipinski definition) is 2. The van der Waals surface area contributed by atoms with E-state index in [9.17, 15) is 14.7 Å². The highest BCUT2D eigenvalue weighted by molar-refractivity contribution is 5.84. The van der Waals surface area contributed by atoms with Crippen molar-refractivity contribution in [2.45, 2.75) is 32.9 Å². The highest BCUT2D eigenvalue weighted by atomic mass is 16.5. The SMILES string of the molecule is CC(C)CCN(CCO)C(=O)N[C@H](C(=O)OCc1ccccc1)c1ccccc1. The van der Waals surface area contributed by atoms with E-state index in [2.05, 4.69) is 19.2 Å². The van der Waals surface area contributed by atoms with Gasteiger partial charge in [-0.05, 0) is 23.5 Å². The molecule has 0 aliphatic rings. The van der Waals surface area contributed by atoms with Gasteiger partial charge in [0, 0.05) is 13.1 Å². The molecular formula is C23H30N2O4. The summed E-state index contributed by atoms with van der Waals surface area (Å²) in [4.78, 5) is 27.1. The molecule has 156 valence electrons. The van der Waals surface area contributed by atoms with Crippen LogP contribution in [0.4, 0.5) is 4.79 Å². The van der Waals surface area contributed by atoms with Crippen molar-refractivity contribution < 1.29 is 19.4 Å². The van der Waals surface area contributed by atoms with Gasteiger partial charge in [0.1, 0.15) is 6.61 Å². The quantitative estimate of drug-likeness (QED) is 0.600. The number of aliphatic hydroxyl groups is 1. The number of nitrogens with zero attached hydrogens (tertiary/aromatic N) is 1. The van der Waals surface area contributed by atoms with Gasteiger partial charge in [-0.25, -0.2) is 9.59 Å². The van der Waals surface area contributed by atoms with Crippen LogP contribution in [0.3, 0.4) is 0 Å². The van der Waals surface area contributed by atoms with Crippen molar-refractivity contribution in [2.24, 2.45) is 5.92 Å². The summed E-state index contributed by atoms with van der Waals surface area (Å²) < 4.78 is 5.46. The van der Waals surface area contributed by atoms with Crippen molar-refractivity contribution in [3.05, 3.63) is 71.8 Å². The van der Waals surface area contributed by atoms with E-state index in [1.165, 1.54) is 4.90 Å². The van der Waals surface area contributed by atoms with Gasteiger partial charge in [0.05, 0.1) is 6.61 Å². The monoisotopic (exact) mass is 398 g/mol. The van der Waals surface area contributed by atoms with E-state index in [0.29, 0.717) is 18.0 Å². The minimum atomic E-state index is -0.923. The zero-order chi connectivity index (χ0) is 21.1. The zero-order valence-electron chi connectivity index (χ0n) is 17.1. The van der Waals surface area contributed by atoms with Gasteiger partial charge in [0.25, 0.3) is 0 Å². The van der Waals surface area contributed by atoms with Crippen LogP contribution in [-0.4, -0.2) is 41.7 Å². The Hall–Kier alpha value is -2.86. The Morgan fingerprint density at radius 1 is 1.00 bits per heavy atom. The highest BCUT2D eigenvalue weighted by Crippen LogP contribution is 2.16. The number of carbonyl (C=O) groups is 2. The summed E-state index contributed by atoms with van der Waals surface area (Å²) in [5.74, 6) is -0.106. The molecule has 6 heteroatoms. The van der Waals surface area contributed by atoms with E-state index in [4.69, 9.17) is 4.74 Å². The van der Waals surface area contributed by atoms with Crippen molar-refractivity contribution in [3.8, 4) is 0 Å². The fraction of sp³-hybridized carbons (Fsp3) is 0.391. The maximum absolute atomic E-state index is 12.8. The Labute approximate surface area is 172 Å². The lowest BCUT2D eigenvalue weighted by molar-refractivity contribution is -0.147. The molecule has 0 aliphatic carbocycles. The second kappa shape index (κ2) is 11.9. The lowest BCUT2D eigenvalue weighted by Crippen LogP contribution is -2.45. The van der Waals surface area contributed by atoms with E-state index in [1.807, 2.05) is 48.5 Å². The Balaban J connectivity index is 2.10. The molecule has 1 atom stereocenters. The first-order chi connectivity index (χ1) is 14.0. The summed E-state index contributed by atoms with van der Waals surface area (Å²) >= 11 is 0. The molecule has 0 bridgehead atoms. The van der Waals surface area contributed by atoms with E-state index in [0.717, 1.165) is 12.0 Å². The third-order valence-electron chi connectivity index (χ3n) is 4.49. The summed E-state index contributed by atoms with van der Waals surface area (Å²) in [6.07, 6.45) is 0.807. The maximum Gasteiger partial charge on any atom is 0.333 e. The minimum Gasteiger partial charge on any atom is -0.459 e. The van der Waals surface area contributed by atoms with Crippen molar-refractivity contribution in [3.63, 3.8) is 0 Å². The van der Waals surface area contributed by atoms with Gasteiger partial charge in [-0.3, -0.25) is 0 Å². The molecule has 0 saturated carbocycles. The lowest BCUT2D eigenvalue weighted by atomic mass is 10.1. The van der Waals surface area contributed by atoms with Crippen molar-refractivity contribution >= 4 is 12.0 Å². The molecular weight excluding hydrogens is 368 g/mol. The van der Waals surface area contributed by atoms with Crippen molar-refractivity contribution in [2.75, 3.05) is 19.7 Å². The number of rotatable bonds is 10. The Kier molecular flexibility index (Phi) is 9.18. The highest BCUT2D eigenvalue weighted by Gasteiger charge is 2.26. The fourth-order valence-corrected chi connectivity index (χ4v) is 2.80. The second-order valence-electron chi connectivity index (χ2n) is 7.28. The molecule has 0 saturated heterocycles. The zero-order valence-corrected chi connectivity index (χ0v) is 17.1. The molecule has 29 heavy (non-hydrogen) atoms. The summed E-state index contributed by atoms with van der Waals surface area (Å²) in [6.45, 7) is 4.85. The van der Waals surface area contributed by atoms with Crippen molar-refractivity contribution in [1.82, 2.24) is 10.2 Å². The minimum absolute atomic E-state index is 0.132. The van der Waals surface area contributed by atoms with Crippen LogP contribution in [0.2, 0.25) is 0 Å². The number of urea groups is 1. The van der Waals surface area contributed by atoms with Crippen LogP contribution < -0.4 is 5.32 Å². The average molecular weight is 399 g/mol. The Morgan fingerprint density at radius 3 is 2.21 bits per heavy atom. The van der Waals surface area contributed by atoms with Gasteiger partial charge in [-0.15, -0.1) is 0 Å². The molecule has 0 heterocycles. The van der Waals surface area contributed by atoms with Crippen LogP contribution in [0.15, 0.2) is 60.7 Å². The largest absolute Gasteiger partial charge is 0.459 e. The third-order valence-corrected chi connectivity index (χ3v) is 4.49. The lowest BCUT2D eigenvalue weighted by Gasteiger charge is -2.26. The molecule has 0 unspecified atom stereocenters. The molecule has 0 radical (unpaired) electrons. The number of benzene rings is 2. The van der Waals surface area contributed by atoms with Crippen LogP contribution in [-0.2, 0) is 16.1 Å². The van der Waals surface area contributed by atoms with E-state index >= 15 is 0 Å². The standard InChI is InChI=1S/C23H30N2O4/c1-18(2)13-14-25(15-16-26)23(28)24-21(20-11-7-4-8-12-20)22(27)29-17-19-9-5-3-6-10-19/h3-12,18,21,26H,13-17H2,1-2H3,(H,24,28)/t21-/m0/s1. The van der Waals surface area contributed by atoms with Gasteiger partial charge >= 0.3 is 12.0 Å². The van der Waals surface area contributed by atoms with Gasteiger partial charge < -0.3 is 20.1 Å².